The number of likely N-dealkylation sites (tertiary alicyclic amines) is 1. The third-order valence-corrected chi connectivity index (χ3v) is 3.53. The molecule has 1 fully saturated rings. The van der Waals surface area contributed by atoms with E-state index in [2.05, 4.69) is 28.9 Å². The minimum Gasteiger partial charge on any atom is -0.377 e. The van der Waals surface area contributed by atoms with Crippen molar-refractivity contribution in [3.8, 4) is 0 Å². The molecular formula is C15H25N3O. The summed E-state index contributed by atoms with van der Waals surface area (Å²) in [5.74, 6) is 0. The van der Waals surface area contributed by atoms with Crippen molar-refractivity contribution in [3.05, 3.63) is 29.6 Å². The summed E-state index contributed by atoms with van der Waals surface area (Å²) in [4.78, 5) is 6.91. The number of piperidine rings is 1. The van der Waals surface area contributed by atoms with Gasteiger partial charge in [-0.3, -0.25) is 9.88 Å². The Bertz CT molecular complexity index is 366. The van der Waals surface area contributed by atoms with Gasteiger partial charge in [-0.25, -0.2) is 0 Å². The predicted octanol–water partition coefficient (Wildman–Crippen LogP) is 1.93. The number of hydrogen-bond donors (Lipinski definition) is 1. The van der Waals surface area contributed by atoms with E-state index in [1.165, 1.54) is 12.8 Å². The normalized spacial score (nSPS) is 20.6. The first-order valence-electron chi connectivity index (χ1n) is 7.29. The standard InChI is InChI=1S/C15H25N3O/c1-2-8-19-15-4-3-7-18(12-15)11-14-6-5-13(9-16)10-17-14/h5-6,10,15H,2-4,7-9,11-12,16H2,1H3. The number of aromatic nitrogens is 1. The zero-order valence-electron chi connectivity index (χ0n) is 11.8. The van der Waals surface area contributed by atoms with Gasteiger partial charge < -0.3 is 10.5 Å². The maximum Gasteiger partial charge on any atom is 0.0702 e. The van der Waals surface area contributed by atoms with Crippen molar-refractivity contribution in [3.63, 3.8) is 0 Å². The lowest BCUT2D eigenvalue weighted by Gasteiger charge is -2.32. The summed E-state index contributed by atoms with van der Waals surface area (Å²) in [7, 11) is 0. The smallest absolute Gasteiger partial charge is 0.0702 e. The molecule has 4 heteroatoms. The molecule has 1 aromatic rings. The van der Waals surface area contributed by atoms with Crippen LogP contribution in [0.5, 0.6) is 0 Å². The lowest BCUT2D eigenvalue weighted by atomic mass is 10.1. The van der Waals surface area contributed by atoms with Crippen molar-refractivity contribution in [2.75, 3.05) is 19.7 Å². The summed E-state index contributed by atoms with van der Waals surface area (Å²) in [5.41, 5.74) is 7.79. The first kappa shape index (κ1) is 14.4. The Hall–Kier alpha value is -0.970. The van der Waals surface area contributed by atoms with Gasteiger partial charge in [0.25, 0.3) is 0 Å². The second-order valence-corrected chi connectivity index (χ2v) is 5.23. The zero-order valence-corrected chi connectivity index (χ0v) is 11.8. The van der Waals surface area contributed by atoms with E-state index in [4.69, 9.17) is 10.5 Å². The van der Waals surface area contributed by atoms with Crippen LogP contribution >= 0.6 is 0 Å². The third-order valence-electron chi connectivity index (χ3n) is 3.53. The van der Waals surface area contributed by atoms with Crippen molar-refractivity contribution in [2.24, 2.45) is 5.73 Å². The second-order valence-electron chi connectivity index (χ2n) is 5.23. The first-order valence-corrected chi connectivity index (χ1v) is 7.29. The highest BCUT2D eigenvalue weighted by Gasteiger charge is 2.20. The molecule has 1 aromatic heterocycles. The fourth-order valence-electron chi connectivity index (χ4n) is 2.48. The third kappa shape index (κ3) is 4.56. The molecule has 0 aromatic carbocycles. The lowest BCUT2D eigenvalue weighted by Crippen LogP contribution is -2.39. The highest BCUT2D eigenvalue weighted by molar-refractivity contribution is 5.13. The molecule has 2 N–H and O–H groups in total. The Labute approximate surface area is 116 Å². The SMILES string of the molecule is CCCOC1CCCN(Cc2ccc(CN)cn2)C1. The highest BCUT2D eigenvalue weighted by Crippen LogP contribution is 2.15. The van der Waals surface area contributed by atoms with Crippen LogP contribution in [0.25, 0.3) is 0 Å². The van der Waals surface area contributed by atoms with Crippen LogP contribution in [0, 0.1) is 0 Å². The summed E-state index contributed by atoms with van der Waals surface area (Å²) in [6.45, 7) is 6.68. The molecule has 1 atom stereocenters. The van der Waals surface area contributed by atoms with E-state index in [0.717, 1.165) is 43.9 Å². The number of hydrogen-bond acceptors (Lipinski definition) is 4. The van der Waals surface area contributed by atoms with Crippen molar-refractivity contribution in [1.29, 1.82) is 0 Å². The van der Waals surface area contributed by atoms with Gasteiger partial charge in [0.1, 0.15) is 0 Å². The minimum atomic E-state index is 0.400. The van der Waals surface area contributed by atoms with Gasteiger partial charge in [-0.1, -0.05) is 13.0 Å². The van der Waals surface area contributed by atoms with Crippen molar-refractivity contribution < 1.29 is 4.74 Å². The maximum absolute atomic E-state index is 5.86. The van der Waals surface area contributed by atoms with E-state index < -0.39 is 0 Å². The molecule has 106 valence electrons. The van der Waals surface area contributed by atoms with E-state index in [9.17, 15) is 0 Å². The van der Waals surface area contributed by atoms with Crippen LogP contribution in [0.3, 0.4) is 0 Å². The fraction of sp³-hybridized carbons (Fsp3) is 0.667. The molecule has 0 saturated carbocycles. The van der Waals surface area contributed by atoms with Crippen LogP contribution in [-0.2, 0) is 17.8 Å². The van der Waals surface area contributed by atoms with Crippen LogP contribution in [-0.4, -0.2) is 35.7 Å². The molecule has 0 aliphatic carbocycles. The number of rotatable bonds is 6. The second kappa shape index (κ2) is 7.58. The van der Waals surface area contributed by atoms with Crippen molar-refractivity contribution in [1.82, 2.24) is 9.88 Å². The van der Waals surface area contributed by atoms with Gasteiger partial charge in [-0.05, 0) is 37.4 Å². The molecule has 0 radical (unpaired) electrons. The maximum atomic E-state index is 5.86. The van der Waals surface area contributed by atoms with Crippen LogP contribution in [0.4, 0.5) is 0 Å². The Kier molecular flexibility index (Phi) is 5.76. The quantitative estimate of drug-likeness (QED) is 0.852. The number of nitrogens with two attached hydrogens (primary N) is 1. The van der Waals surface area contributed by atoms with E-state index >= 15 is 0 Å². The fourth-order valence-corrected chi connectivity index (χ4v) is 2.48. The summed E-state index contributed by atoms with van der Waals surface area (Å²) in [6.07, 6.45) is 5.78. The summed E-state index contributed by atoms with van der Waals surface area (Å²) in [5, 5.41) is 0. The lowest BCUT2D eigenvalue weighted by molar-refractivity contribution is -0.00252. The van der Waals surface area contributed by atoms with Gasteiger partial charge in [0.2, 0.25) is 0 Å². The number of ether oxygens (including phenoxy) is 1. The predicted molar refractivity (Wildman–Crippen MR) is 76.7 cm³/mol. The summed E-state index contributed by atoms with van der Waals surface area (Å²) in [6, 6.07) is 4.15. The number of nitrogens with zero attached hydrogens (tertiary/aromatic N) is 2. The van der Waals surface area contributed by atoms with Gasteiger partial charge >= 0.3 is 0 Å². The number of pyridine rings is 1. The molecule has 2 heterocycles. The van der Waals surface area contributed by atoms with Crippen LogP contribution < -0.4 is 5.73 Å². The molecule has 2 rings (SSSR count). The summed E-state index contributed by atoms with van der Waals surface area (Å²) >= 11 is 0. The molecule has 4 nitrogen and oxygen atoms in total. The molecule has 1 saturated heterocycles. The first-order chi connectivity index (χ1) is 9.31. The zero-order chi connectivity index (χ0) is 13.5. The largest absolute Gasteiger partial charge is 0.377 e. The Morgan fingerprint density at radius 2 is 2.37 bits per heavy atom. The van der Waals surface area contributed by atoms with E-state index in [-0.39, 0.29) is 0 Å². The van der Waals surface area contributed by atoms with Crippen LogP contribution in [0.1, 0.15) is 37.4 Å². The minimum absolute atomic E-state index is 0.400. The van der Waals surface area contributed by atoms with Gasteiger partial charge in [-0.2, -0.15) is 0 Å². The van der Waals surface area contributed by atoms with E-state index in [1.54, 1.807) is 0 Å². The van der Waals surface area contributed by atoms with Crippen molar-refractivity contribution in [2.45, 2.75) is 45.4 Å². The topological polar surface area (TPSA) is 51.4 Å². The van der Waals surface area contributed by atoms with Gasteiger partial charge in [-0.15, -0.1) is 0 Å². The molecule has 0 bridgehead atoms. The Balaban J connectivity index is 1.83. The molecule has 19 heavy (non-hydrogen) atoms. The monoisotopic (exact) mass is 263 g/mol. The van der Waals surface area contributed by atoms with Crippen LogP contribution in [0.15, 0.2) is 18.3 Å². The van der Waals surface area contributed by atoms with Gasteiger partial charge in [0.05, 0.1) is 11.8 Å². The Morgan fingerprint density at radius 1 is 1.47 bits per heavy atom. The molecule has 0 amide bonds. The highest BCUT2D eigenvalue weighted by atomic mass is 16.5. The average molecular weight is 263 g/mol. The average Bonchev–Trinajstić information content (AvgIpc) is 2.46. The van der Waals surface area contributed by atoms with E-state index in [1.807, 2.05) is 6.20 Å². The molecule has 1 aliphatic rings. The molecule has 1 unspecified atom stereocenters. The van der Waals surface area contributed by atoms with E-state index in [0.29, 0.717) is 12.6 Å². The molecular weight excluding hydrogens is 238 g/mol. The van der Waals surface area contributed by atoms with Crippen molar-refractivity contribution >= 4 is 0 Å². The molecule has 0 spiro atoms. The van der Waals surface area contributed by atoms with Gasteiger partial charge in [0, 0.05) is 32.4 Å². The Morgan fingerprint density at radius 3 is 3.05 bits per heavy atom. The van der Waals surface area contributed by atoms with Gasteiger partial charge in [0.15, 0.2) is 0 Å². The summed E-state index contributed by atoms with van der Waals surface area (Å²) < 4.78 is 5.86. The molecule has 1 aliphatic heterocycles. The van der Waals surface area contributed by atoms with Crippen LogP contribution in [0.2, 0.25) is 0 Å².